The predicted octanol–water partition coefficient (Wildman–Crippen LogP) is 4.01. The van der Waals surface area contributed by atoms with E-state index in [0.29, 0.717) is 33.7 Å². The van der Waals surface area contributed by atoms with Crippen LogP contribution in [0.2, 0.25) is 0 Å². The third-order valence-electron chi connectivity index (χ3n) is 4.82. The fourth-order valence-electron chi connectivity index (χ4n) is 3.37. The number of hydrogen-bond acceptors (Lipinski definition) is 5. The third-order valence-corrected chi connectivity index (χ3v) is 5.32. The van der Waals surface area contributed by atoms with Crippen LogP contribution in [-0.2, 0) is 0 Å². The van der Waals surface area contributed by atoms with E-state index in [2.05, 4.69) is 42.3 Å². The highest BCUT2D eigenvalue weighted by Gasteiger charge is 2.17. The van der Waals surface area contributed by atoms with Gasteiger partial charge in [-0.15, -0.1) is 0 Å². The summed E-state index contributed by atoms with van der Waals surface area (Å²) < 4.78 is 0.880. The van der Waals surface area contributed by atoms with Gasteiger partial charge < -0.3 is 20.4 Å². The molecule has 0 aliphatic heterocycles. The molecule has 2 aromatic heterocycles. The lowest BCUT2D eigenvalue weighted by Gasteiger charge is -2.15. The molecule has 0 fully saturated rings. The van der Waals surface area contributed by atoms with E-state index in [-0.39, 0.29) is 12.1 Å². The predicted molar refractivity (Wildman–Crippen MR) is 119 cm³/mol. The van der Waals surface area contributed by atoms with Gasteiger partial charge in [0, 0.05) is 17.2 Å². The fourth-order valence-corrected chi connectivity index (χ4v) is 3.79. The number of rotatable bonds is 5. The lowest BCUT2D eigenvalue weighted by atomic mass is 10.1. The van der Waals surface area contributed by atoms with Crippen molar-refractivity contribution in [2.75, 3.05) is 11.9 Å². The third kappa shape index (κ3) is 3.85. The number of hydrogen-bond donors (Lipinski definition) is 4. The molecule has 1 unspecified atom stereocenters. The maximum absolute atomic E-state index is 12.6. The van der Waals surface area contributed by atoms with E-state index in [0.717, 1.165) is 15.6 Å². The fraction of sp³-hybridized carbons (Fsp3) is 0.136. The monoisotopic (exact) mass is 463 g/mol. The number of aromatic amines is 2. The molecule has 1 atom stereocenters. The van der Waals surface area contributed by atoms with Crippen LogP contribution in [0.5, 0.6) is 0 Å². The molecule has 2 aromatic carbocycles. The second-order valence-corrected chi connectivity index (χ2v) is 7.85. The number of aliphatic hydroxyl groups excluding tert-OH is 1. The minimum absolute atomic E-state index is 0.213. The molecule has 0 saturated heterocycles. The normalized spacial score (nSPS) is 11.9. The van der Waals surface area contributed by atoms with Gasteiger partial charge in [0.1, 0.15) is 11.4 Å². The van der Waals surface area contributed by atoms with Gasteiger partial charge in [-0.2, -0.15) is 5.26 Å². The van der Waals surface area contributed by atoms with E-state index < -0.39 is 6.10 Å². The van der Waals surface area contributed by atoms with Crippen LogP contribution in [0.4, 0.5) is 5.69 Å². The van der Waals surface area contributed by atoms with Crippen LogP contribution < -0.4 is 10.9 Å². The van der Waals surface area contributed by atoms with Crippen LogP contribution in [0.3, 0.4) is 0 Å². The van der Waals surface area contributed by atoms with Crippen molar-refractivity contribution in [3.8, 4) is 17.5 Å². The smallest absolute Gasteiger partial charge is 0.261 e. The number of aliphatic hydroxyl groups is 1. The van der Waals surface area contributed by atoms with Gasteiger partial charge in [-0.3, -0.25) is 4.79 Å². The number of halogens is 1. The van der Waals surface area contributed by atoms with E-state index in [1.807, 2.05) is 31.2 Å². The van der Waals surface area contributed by atoms with Crippen molar-refractivity contribution in [3.05, 3.63) is 80.2 Å². The van der Waals surface area contributed by atoms with Gasteiger partial charge in [0.05, 0.1) is 34.5 Å². The quantitative estimate of drug-likeness (QED) is 0.356. The first kappa shape index (κ1) is 19.9. The Morgan fingerprint density at radius 3 is 2.90 bits per heavy atom. The number of nitriles is 1. The number of nitrogens with zero attached hydrogens (tertiary/aromatic N) is 2. The molecule has 7 nitrogen and oxygen atoms in total. The molecule has 8 heteroatoms. The van der Waals surface area contributed by atoms with Gasteiger partial charge in [0.15, 0.2) is 0 Å². The zero-order valence-corrected chi connectivity index (χ0v) is 17.6. The van der Waals surface area contributed by atoms with E-state index in [9.17, 15) is 15.2 Å². The molecule has 0 amide bonds. The van der Waals surface area contributed by atoms with Gasteiger partial charge in [-0.1, -0.05) is 28.1 Å². The number of pyridine rings is 1. The molecule has 0 bridgehead atoms. The highest BCUT2D eigenvalue weighted by atomic mass is 79.9. The van der Waals surface area contributed by atoms with Crippen molar-refractivity contribution in [1.29, 1.82) is 5.26 Å². The molecule has 4 N–H and O–H groups in total. The van der Waals surface area contributed by atoms with Gasteiger partial charge in [-0.05, 0) is 48.4 Å². The largest absolute Gasteiger partial charge is 0.387 e. The second kappa shape index (κ2) is 8.14. The maximum Gasteiger partial charge on any atom is 0.261 e. The summed E-state index contributed by atoms with van der Waals surface area (Å²) in [5.41, 5.74) is 4.09. The van der Waals surface area contributed by atoms with Crippen LogP contribution in [0.15, 0.2) is 57.9 Å². The van der Waals surface area contributed by atoms with Crippen LogP contribution in [0.1, 0.15) is 22.8 Å². The molecule has 0 saturated carbocycles. The van der Waals surface area contributed by atoms with Crippen molar-refractivity contribution in [1.82, 2.24) is 15.0 Å². The average molecular weight is 464 g/mol. The number of fused-ring (bicyclic) bond motifs is 1. The van der Waals surface area contributed by atoms with Crippen LogP contribution >= 0.6 is 15.9 Å². The Hall–Kier alpha value is -3.41. The van der Waals surface area contributed by atoms with E-state index in [1.54, 1.807) is 24.4 Å². The second-order valence-electron chi connectivity index (χ2n) is 6.93. The summed E-state index contributed by atoms with van der Waals surface area (Å²) in [7, 11) is 0. The van der Waals surface area contributed by atoms with Gasteiger partial charge >= 0.3 is 0 Å². The Morgan fingerprint density at radius 2 is 2.13 bits per heavy atom. The number of aryl methyl sites for hydroxylation is 1. The molecular weight excluding hydrogens is 446 g/mol. The maximum atomic E-state index is 12.6. The summed E-state index contributed by atoms with van der Waals surface area (Å²) in [5.74, 6) is 0.393. The summed E-state index contributed by atoms with van der Waals surface area (Å²) in [4.78, 5) is 23.0. The molecule has 0 spiro atoms. The molecule has 2 heterocycles. The Labute approximate surface area is 180 Å². The van der Waals surface area contributed by atoms with Crippen LogP contribution in [-0.4, -0.2) is 26.6 Å². The molecule has 0 aliphatic rings. The Balaban J connectivity index is 1.69. The topological polar surface area (TPSA) is 118 Å². The van der Waals surface area contributed by atoms with Crippen molar-refractivity contribution in [2.45, 2.75) is 13.0 Å². The zero-order chi connectivity index (χ0) is 21.3. The lowest BCUT2D eigenvalue weighted by Crippen LogP contribution is -2.17. The van der Waals surface area contributed by atoms with Crippen molar-refractivity contribution >= 4 is 32.7 Å². The standard InChI is InChI=1S/C22H18BrN5O2/c1-12-7-13(10-24)8-17-20(12)28-21(27-17)19-16(5-6-25-22(19)30)26-11-18(29)14-3-2-4-15(23)9-14/h2-9,18,29H,11H2,1H3,(H,27,28)(H2,25,26,30). The minimum atomic E-state index is -0.759. The van der Waals surface area contributed by atoms with Crippen molar-refractivity contribution < 1.29 is 5.11 Å². The summed E-state index contributed by atoms with van der Waals surface area (Å²) >= 11 is 3.40. The number of benzene rings is 2. The summed E-state index contributed by atoms with van der Waals surface area (Å²) in [5, 5.41) is 22.9. The van der Waals surface area contributed by atoms with Gasteiger partial charge in [-0.25, -0.2) is 4.98 Å². The van der Waals surface area contributed by atoms with Crippen molar-refractivity contribution in [3.63, 3.8) is 0 Å². The first-order valence-electron chi connectivity index (χ1n) is 9.26. The molecule has 150 valence electrons. The molecule has 4 aromatic rings. The number of imidazole rings is 1. The molecule has 0 aliphatic carbocycles. The highest BCUT2D eigenvalue weighted by Crippen LogP contribution is 2.27. The Bertz CT molecular complexity index is 1340. The number of nitrogens with one attached hydrogen (secondary N) is 3. The summed E-state index contributed by atoms with van der Waals surface area (Å²) in [6, 6.07) is 14.7. The highest BCUT2D eigenvalue weighted by molar-refractivity contribution is 9.10. The SMILES string of the molecule is Cc1cc(C#N)cc2[nH]c(-c3c(NCC(O)c4cccc(Br)c4)cc[nH]c3=O)nc12. The Kier molecular flexibility index (Phi) is 5.40. The van der Waals surface area contributed by atoms with E-state index >= 15 is 0 Å². The van der Waals surface area contributed by atoms with E-state index in [1.165, 1.54) is 0 Å². The van der Waals surface area contributed by atoms with Crippen LogP contribution in [0, 0.1) is 18.3 Å². The zero-order valence-electron chi connectivity index (χ0n) is 16.0. The Morgan fingerprint density at radius 1 is 1.30 bits per heavy atom. The molecule has 4 rings (SSSR count). The first-order chi connectivity index (χ1) is 14.5. The minimum Gasteiger partial charge on any atom is -0.387 e. The van der Waals surface area contributed by atoms with Crippen molar-refractivity contribution in [2.24, 2.45) is 0 Å². The van der Waals surface area contributed by atoms with E-state index in [4.69, 9.17) is 0 Å². The molecule has 30 heavy (non-hydrogen) atoms. The van der Waals surface area contributed by atoms with Crippen LogP contribution in [0.25, 0.3) is 22.4 Å². The summed E-state index contributed by atoms with van der Waals surface area (Å²) in [6.07, 6.45) is 0.784. The first-order valence-corrected chi connectivity index (χ1v) is 10.1. The number of H-pyrrole nitrogens is 2. The number of anilines is 1. The average Bonchev–Trinajstić information content (AvgIpc) is 3.16. The molecular formula is C22H18BrN5O2. The lowest BCUT2D eigenvalue weighted by molar-refractivity contribution is 0.191. The van der Waals surface area contributed by atoms with Gasteiger partial charge in [0.25, 0.3) is 5.56 Å². The summed E-state index contributed by atoms with van der Waals surface area (Å²) in [6.45, 7) is 2.08. The van der Waals surface area contributed by atoms with Gasteiger partial charge in [0.2, 0.25) is 0 Å². The number of aromatic nitrogens is 3. The molecule has 0 radical (unpaired) electrons.